The fraction of sp³-hybridized carbons (Fsp3) is 0.400. The van der Waals surface area contributed by atoms with E-state index in [9.17, 15) is 4.79 Å². The second kappa shape index (κ2) is 10.1. The van der Waals surface area contributed by atoms with Crippen LogP contribution in [0.3, 0.4) is 0 Å². The maximum Gasteiger partial charge on any atom is 0.378 e. The van der Waals surface area contributed by atoms with Crippen LogP contribution in [0.15, 0.2) is 54.6 Å². The topological polar surface area (TPSA) is 69.5 Å². The van der Waals surface area contributed by atoms with Crippen molar-refractivity contribution in [1.82, 2.24) is 19.7 Å². The van der Waals surface area contributed by atoms with Crippen LogP contribution in [0.5, 0.6) is 0 Å². The summed E-state index contributed by atoms with van der Waals surface area (Å²) in [6, 6.07) is 18.4. The van der Waals surface area contributed by atoms with Gasteiger partial charge in [0.1, 0.15) is 18.5 Å². The standard InChI is InChI=1S/C25H30N4O3/c1-18(2)22-11-7-8-12-23(22)29-19(3)26-24(27-29)25(30)32-17-21-16-28(13-14-31-21)15-20-9-5-4-6-10-20/h4-12,18,21H,13-17H2,1-3H3. The zero-order chi connectivity index (χ0) is 22.5. The molecule has 1 aliphatic rings. The van der Waals surface area contributed by atoms with Gasteiger partial charge in [0, 0.05) is 19.6 Å². The summed E-state index contributed by atoms with van der Waals surface area (Å²) in [5.74, 6) is 0.510. The molecule has 0 bridgehead atoms. The van der Waals surface area contributed by atoms with Crippen LogP contribution >= 0.6 is 0 Å². The molecule has 1 unspecified atom stereocenters. The Morgan fingerprint density at radius 1 is 1.16 bits per heavy atom. The molecule has 1 atom stereocenters. The number of nitrogens with zero attached hydrogens (tertiary/aromatic N) is 4. The van der Waals surface area contributed by atoms with E-state index in [2.05, 4.69) is 47.0 Å². The van der Waals surface area contributed by atoms with E-state index in [1.807, 2.05) is 43.3 Å². The van der Waals surface area contributed by atoms with Gasteiger partial charge in [-0.1, -0.05) is 62.4 Å². The minimum Gasteiger partial charge on any atom is -0.457 e. The average molecular weight is 435 g/mol. The van der Waals surface area contributed by atoms with Crippen molar-refractivity contribution in [3.63, 3.8) is 0 Å². The highest BCUT2D eigenvalue weighted by atomic mass is 16.6. The van der Waals surface area contributed by atoms with Crippen molar-refractivity contribution in [2.24, 2.45) is 0 Å². The highest BCUT2D eigenvalue weighted by molar-refractivity contribution is 5.85. The number of aryl methyl sites for hydroxylation is 1. The lowest BCUT2D eigenvalue weighted by atomic mass is 10.0. The molecule has 4 rings (SSSR count). The number of hydrogen-bond acceptors (Lipinski definition) is 6. The van der Waals surface area contributed by atoms with E-state index in [0.717, 1.165) is 24.3 Å². The van der Waals surface area contributed by atoms with Gasteiger partial charge in [-0.3, -0.25) is 4.90 Å². The van der Waals surface area contributed by atoms with E-state index in [1.54, 1.807) is 4.68 Å². The van der Waals surface area contributed by atoms with E-state index in [1.165, 1.54) is 5.56 Å². The monoisotopic (exact) mass is 434 g/mol. The highest BCUT2D eigenvalue weighted by Crippen LogP contribution is 2.23. The third kappa shape index (κ3) is 5.23. The van der Waals surface area contributed by atoms with Crippen molar-refractivity contribution < 1.29 is 14.3 Å². The Kier molecular flexibility index (Phi) is 6.97. The number of morpholine rings is 1. The van der Waals surface area contributed by atoms with Gasteiger partial charge < -0.3 is 9.47 Å². The lowest BCUT2D eigenvalue weighted by molar-refractivity contribution is -0.0614. The van der Waals surface area contributed by atoms with Crippen LogP contribution in [0.1, 0.15) is 47.3 Å². The van der Waals surface area contributed by atoms with E-state index in [-0.39, 0.29) is 18.5 Å². The molecule has 1 aromatic heterocycles. The Labute approximate surface area is 189 Å². The van der Waals surface area contributed by atoms with Gasteiger partial charge in [0.15, 0.2) is 0 Å². The number of carbonyl (C=O) groups is 1. The fourth-order valence-corrected chi connectivity index (χ4v) is 3.97. The normalized spacial score (nSPS) is 16.9. The van der Waals surface area contributed by atoms with Gasteiger partial charge in [-0.15, -0.1) is 5.10 Å². The van der Waals surface area contributed by atoms with Crippen LogP contribution < -0.4 is 0 Å². The van der Waals surface area contributed by atoms with E-state index in [4.69, 9.17) is 9.47 Å². The number of benzene rings is 2. The Balaban J connectivity index is 1.37. The van der Waals surface area contributed by atoms with Crippen molar-refractivity contribution in [2.45, 2.75) is 39.3 Å². The Hall–Kier alpha value is -3.03. The predicted molar refractivity (Wildman–Crippen MR) is 122 cm³/mol. The summed E-state index contributed by atoms with van der Waals surface area (Å²) in [4.78, 5) is 19.3. The van der Waals surface area contributed by atoms with E-state index < -0.39 is 5.97 Å². The van der Waals surface area contributed by atoms with Gasteiger partial charge in [-0.05, 0) is 30.0 Å². The predicted octanol–water partition coefficient (Wildman–Crippen LogP) is 3.76. The molecule has 168 valence electrons. The molecule has 0 N–H and O–H groups in total. The second-order valence-electron chi connectivity index (χ2n) is 8.42. The highest BCUT2D eigenvalue weighted by Gasteiger charge is 2.24. The van der Waals surface area contributed by atoms with Crippen molar-refractivity contribution in [1.29, 1.82) is 0 Å². The van der Waals surface area contributed by atoms with Crippen LogP contribution in [0.2, 0.25) is 0 Å². The first-order chi connectivity index (χ1) is 15.5. The summed E-state index contributed by atoms with van der Waals surface area (Å²) in [5.41, 5.74) is 3.34. The average Bonchev–Trinajstić information content (AvgIpc) is 3.20. The van der Waals surface area contributed by atoms with E-state index in [0.29, 0.717) is 24.9 Å². The molecule has 7 nitrogen and oxygen atoms in total. The molecule has 1 saturated heterocycles. The summed E-state index contributed by atoms with van der Waals surface area (Å²) in [6.07, 6.45) is -0.165. The van der Waals surface area contributed by atoms with Gasteiger partial charge >= 0.3 is 5.97 Å². The number of rotatable bonds is 7. The van der Waals surface area contributed by atoms with Crippen LogP contribution in [0, 0.1) is 6.92 Å². The molecular formula is C25H30N4O3. The van der Waals surface area contributed by atoms with Gasteiger partial charge in [-0.2, -0.15) is 0 Å². The molecular weight excluding hydrogens is 404 g/mol. The third-order valence-corrected chi connectivity index (χ3v) is 5.61. The number of carbonyl (C=O) groups excluding carboxylic acids is 1. The fourth-order valence-electron chi connectivity index (χ4n) is 3.97. The van der Waals surface area contributed by atoms with Gasteiger partial charge in [0.05, 0.1) is 12.3 Å². The largest absolute Gasteiger partial charge is 0.457 e. The molecule has 0 amide bonds. The Morgan fingerprint density at radius 3 is 2.69 bits per heavy atom. The minimum atomic E-state index is -0.530. The molecule has 2 aromatic carbocycles. The van der Waals surface area contributed by atoms with Gasteiger partial charge in [0.25, 0.3) is 5.82 Å². The third-order valence-electron chi connectivity index (χ3n) is 5.61. The number of esters is 1. The van der Waals surface area contributed by atoms with Crippen molar-refractivity contribution in [3.05, 3.63) is 77.4 Å². The molecule has 0 saturated carbocycles. The molecule has 1 aliphatic heterocycles. The molecule has 7 heteroatoms. The van der Waals surface area contributed by atoms with Crippen molar-refractivity contribution in [2.75, 3.05) is 26.3 Å². The SMILES string of the molecule is Cc1nc(C(=O)OCC2CN(Cc3ccccc3)CCO2)nn1-c1ccccc1C(C)C. The first kappa shape index (κ1) is 22.2. The van der Waals surface area contributed by atoms with Gasteiger partial charge in [-0.25, -0.2) is 14.5 Å². The van der Waals surface area contributed by atoms with Crippen LogP contribution in [-0.2, 0) is 16.0 Å². The molecule has 0 radical (unpaired) electrons. The number of aromatic nitrogens is 3. The first-order valence-electron chi connectivity index (χ1n) is 11.1. The van der Waals surface area contributed by atoms with Gasteiger partial charge in [0.2, 0.25) is 0 Å². The smallest absolute Gasteiger partial charge is 0.378 e. The molecule has 3 aromatic rings. The Bertz CT molecular complexity index is 1050. The summed E-state index contributed by atoms with van der Waals surface area (Å²) < 4.78 is 13.0. The molecule has 2 heterocycles. The quantitative estimate of drug-likeness (QED) is 0.528. The summed E-state index contributed by atoms with van der Waals surface area (Å²) in [6.45, 7) is 9.33. The number of ether oxygens (including phenoxy) is 2. The van der Waals surface area contributed by atoms with Crippen molar-refractivity contribution in [3.8, 4) is 5.69 Å². The van der Waals surface area contributed by atoms with Crippen molar-refractivity contribution >= 4 is 5.97 Å². The Morgan fingerprint density at radius 2 is 1.91 bits per heavy atom. The zero-order valence-corrected chi connectivity index (χ0v) is 18.9. The summed E-state index contributed by atoms with van der Waals surface area (Å²) >= 11 is 0. The van der Waals surface area contributed by atoms with Crippen LogP contribution in [0.4, 0.5) is 0 Å². The molecule has 0 spiro atoms. The minimum absolute atomic E-state index is 0.0676. The first-order valence-corrected chi connectivity index (χ1v) is 11.1. The zero-order valence-electron chi connectivity index (χ0n) is 18.9. The lowest BCUT2D eigenvalue weighted by Gasteiger charge is -2.32. The van der Waals surface area contributed by atoms with E-state index >= 15 is 0 Å². The van der Waals surface area contributed by atoms with Crippen LogP contribution in [-0.4, -0.2) is 58.0 Å². The molecule has 1 fully saturated rings. The summed E-state index contributed by atoms with van der Waals surface area (Å²) in [7, 11) is 0. The molecule has 32 heavy (non-hydrogen) atoms. The summed E-state index contributed by atoms with van der Waals surface area (Å²) in [5, 5.41) is 4.44. The molecule has 0 aliphatic carbocycles. The maximum atomic E-state index is 12.6. The van der Waals surface area contributed by atoms with Crippen LogP contribution in [0.25, 0.3) is 5.69 Å². The second-order valence-corrected chi connectivity index (χ2v) is 8.42. The number of hydrogen-bond donors (Lipinski definition) is 0. The lowest BCUT2D eigenvalue weighted by Crippen LogP contribution is -2.44. The maximum absolute atomic E-state index is 12.6. The number of para-hydroxylation sites is 1.